The zero-order chi connectivity index (χ0) is 13.0. The van der Waals surface area contributed by atoms with Crippen molar-refractivity contribution in [2.75, 3.05) is 0 Å². The van der Waals surface area contributed by atoms with Crippen LogP contribution in [0.25, 0.3) is 0 Å². The second-order valence-corrected chi connectivity index (χ2v) is 4.98. The van der Waals surface area contributed by atoms with Gasteiger partial charge in [-0.2, -0.15) is 0 Å². The van der Waals surface area contributed by atoms with Crippen molar-refractivity contribution in [2.24, 2.45) is 5.92 Å². The van der Waals surface area contributed by atoms with Crippen molar-refractivity contribution in [3.63, 3.8) is 0 Å². The van der Waals surface area contributed by atoms with E-state index in [1.165, 1.54) is 37.8 Å². The fourth-order valence-electron chi connectivity index (χ4n) is 2.72. The Hall–Kier alpha value is -1.71. The monoisotopic (exact) mass is 247 g/mol. The number of hydrogen-bond acceptors (Lipinski definition) is 3. The first-order valence-electron chi connectivity index (χ1n) is 6.40. The lowest BCUT2D eigenvalue weighted by Crippen LogP contribution is -2.06. The molecular formula is C14H17NO3. The van der Waals surface area contributed by atoms with Crippen molar-refractivity contribution in [2.45, 2.75) is 38.0 Å². The van der Waals surface area contributed by atoms with Gasteiger partial charge in [0.25, 0.3) is 5.69 Å². The van der Waals surface area contributed by atoms with Gasteiger partial charge in [-0.1, -0.05) is 37.8 Å². The molecule has 96 valence electrons. The van der Waals surface area contributed by atoms with Gasteiger partial charge in [0.1, 0.15) is 6.29 Å². The van der Waals surface area contributed by atoms with Crippen molar-refractivity contribution in [1.82, 2.24) is 0 Å². The molecule has 1 saturated carbocycles. The number of carbonyl (C=O) groups is 1. The van der Waals surface area contributed by atoms with Gasteiger partial charge in [0.05, 0.1) is 4.92 Å². The van der Waals surface area contributed by atoms with E-state index in [0.717, 1.165) is 18.3 Å². The van der Waals surface area contributed by atoms with Crippen LogP contribution in [0.4, 0.5) is 5.69 Å². The fraction of sp³-hybridized carbons (Fsp3) is 0.500. The van der Waals surface area contributed by atoms with Crippen LogP contribution in [0.15, 0.2) is 24.3 Å². The molecule has 0 N–H and O–H groups in total. The Balaban J connectivity index is 2.06. The van der Waals surface area contributed by atoms with Gasteiger partial charge in [-0.25, -0.2) is 0 Å². The molecule has 4 nitrogen and oxygen atoms in total. The van der Waals surface area contributed by atoms with E-state index in [1.807, 2.05) is 0 Å². The summed E-state index contributed by atoms with van der Waals surface area (Å²) in [5.41, 5.74) is 0.965. The lowest BCUT2D eigenvalue weighted by Gasteiger charge is -2.15. The Bertz CT molecular complexity index is 421. The minimum Gasteiger partial charge on any atom is -0.303 e. The Morgan fingerprint density at radius 1 is 1.28 bits per heavy atom. The molecular weight excluding hydrogens is 230 g/mol. The van der Waals surface area contributed by atoms with Crippen LogP contribution >= 0.6 is 0 Å². The molecule has 1 unspecified atom stereocenters. The number of rotatable bonds is 5. The van der Waals surface area contributed by atoms with Crippen LogP contribution in [-0.4, -0.2) is 11.2 Å². The Labute approximate surface area is 106 Å². The molecule has 0 amide bonds. The van der Waals surface area contributed by atoms with Crippen LogP contribution in [0, 0.1) is 16.0 Å². The summed E-state index contributed by atoms with van der Waals surface area (Å²) < 4.78 is 0. The normalized spacial score (nSPS) is 17.6. The number of hydrogen-bond donors (Lipinski definition) is 0. The van der Waals surface area contributed by atoms with E-state index in [-0.39, 0.29) is 11.6 Å². The number of nitro benzene ring substituents is 1. The molecule has 2 rings (SSSR count). The largest absolute Gasteiger partial charge is 0.303 e. The van der Waals surface area contributed by atoms with Gasteiger partial charge in [0.15, 0.2) is 0 Å². The molecule has 18 heavy (non-hydrogen) atoms. The predicted octanol–water partition coefficient (Wildman–Crippen LogP) is 3.46. The molecule has 0 spiro atoms. The maximum Gasteiger partial charge on any atom is 0.269 e. The Morgan fingerprint density at radius 2 is 1.89 bits per heavy atom. The second kappa shape index (κ2) is 5.76. The summed E-state index contributed by atoms with van der Waals surface area (Å²) in [6.45, 7) is 0. The third-order valence-electron chi connectivity index (χ3n) is 3.76. The van der Waals surface area contributed by atoms with Crippen LogP contribution in [0.5, 0.6) is 0 Å². The molecule has 1 aliphatic carbocycles. The number of non-ortho nitro benzene ring substituents is 1. The van der Waals surface area contributed by atoms with Gasteiger partial charge in [-0.05, 0) is 17.9 Å². The van der Waals surface area contributed by atoms with Crippen LogP contribution in [-0.2, 0) is 4.79 Å². The topological polar surface area (TPSA) is 60.2 Å². The van der Waals surface area contributed by atoms with Gasteiger partial charge < -0.3 is 4.79 Å². The first-order chi connectivity index (χ1) is 8.70. The smallest absolute Gasteiger partial charge is 0.269 e. The standard InChI is InChI=1S/C14H17NO3/c16-10-13(9-11-3-1-2-4-11)12-5-7-14(8-6-12)15(17)18/h5-8,10-11,13H,1-4,9H2. The highest BCUT2D eigenvalue weighted by atomic mass is 16.6. The second-order valence-electron chi connectivity index (χ2n) is 4.98. The quantitative estimate of drug-likeness (QED) is 0.455. The molecule has 4 heteroatoms. The van der Waals surface area contributed by atoms with Gasteiger partial charge in [0, 0.05) is 18.1 Å². The average Bonchev–Trinajstić information content (AvgIpc) is 2.89. The number of carbonyl (C=O) groups excluding carboxylic acids is 1. The molecule has 0 aromatic heterocycles. The maximum absolute atomic E-state index is 11.2. The van der Waals surface area contributed by atoms with Crippen molar-refractivity contribution in [1.29, 1.82) is 0 Å². The summed E-state index contributed by atoms with van der Waals surface area (Å²) in [6, 6.07) is 6.35. The number of nitro groups is 1. The Morgan fingerprint density at radius 3 is 2.39 bits per heavy atom. The lowest BCUT2D eigenvalue weighted by molar-refractivity contribution is -0.384. The predicted molar refractivity (Wildman–Crippen MR) is 68.5 cm³/mol. The van der Waals surface area contributed by atoms with Crippen molar-refractivity contribution in [3.05, 3.63) is 39.9 Å². The summed E-state index contributed by atoms with van der Waals surface area (Å²) in [5.74, 6) is 0.518. The molecule has 1 atom stereocenters. The highest BCUT2D eigenvalue weighted by Crippen LogP contribution is 2.33. The molecule has 1 aromatic rings. The first-order valence-corrected chi connectivity index (χ1v) is 6.40. The highest BCUT2D eigenvalue weighted by Gasteiger charge is 2.21. The molecule has 0 radical (unpaired) electrons. The summed E-state index contributed by atoms with van der Waals surface area (Å²) in [6.07, 6.45) is 6.78. The Kier molecular flexibility index (Phi) is 4.07. The van der Waals surface area contributed by atoms with E-state index < -0.39 is 4.92 Å². The zero-order valence-electron chi connectivity index (χ0n) is 10.2. The van der Waals surface area contributed by atoms with Crippen molar-refractivity contribution < 1.29 is 9.72 Å². The number of benzene rings is 1. The van der Waals surface area contributed by atoms with Crippen molar-refractivity contribution in [3.8, 4) is 0 Å². The molecule has 0 bridgehead atoms. The summed E-state index contributed by atoms with van der Waals surface area (Å²) in [4.78, 5) is 21.3. The summed E-state index contributed by atoms with van der Waals surface area (Å²) in [5, 5.41) is 10.6. The summed E-state index contributed by atoms with van der Waals surface area (Å²) in [7, 11) is 0. The van der Waals surface area contributed by atoms with Crippen LogP contribution in [0.3, 0.4) is 0 Å². The molecule has 1 fully saturated rings. The SMILES string of the molecule is O=CC(CC1CCCC1)c1ccc([N+](=O)[O-])cc1. The van der Waals surface area contributed by atoms with Gasteiger partial charge >= 0.3 is 0 Å². The highest BCUT2D eigenvalue weighted by molar-refractivity contribution is 5.62. The van der Waals surface area contributed by atoms with E-state index in [9.17, 15) is 14.9 Å². The van der Waals surface area contributed by atoms with E-state index in [0.29, 0.717) is 5.92 Å². The molecule has 0 heterocycles. The van der Waals surface area contributed by atoms with E-state index in [1.54, 1.807) is 12.1 Å². The van der Waals surface area contributed by atoms with Gasteiger partial charge in [0.2, 0.25) is 0 Å². The zero-order valence-corrected chi connectivity index (χ0v) is 10.2. The number of nitrogens with zero attached hydrogens (tertiary/aromatic N) is 1. The third-order valence-corrected chi connectivity index (χ3v) is 3.76. The van der Waals surface area contributed by atoms with Crippen LogP contribution in [0.2, 0.25) is 0 Å². The first kappa shape index (κ1) is 12.7. The van der Waals surface area contributed by atoms with Gasteiger partial charge in [-0.3, -0.25) is 10.1 Å². The summed E-state index contributed by atoms with van der Waals surface area (Å²) >= 11 is 0. The lowest BCUT2D eigenvalue weighted by atomic mass is 9.89. The van der Waals surface area contributed by atoms with Gasteiger partial charge in [-0.15, -0.1) is 0 Å². The molecule has 1 aliphatic rings. The van der Waals surface area contributed by atoms with Crippen LogP contribution in [0.1, 0.15) is 43.6 Å². The van der Waals surface area contributed by atoms with E-state index in [2.05, 4.69) is 0 Å². The molecule has 0 aliphatic heterocycles. The van der Waals surface area contributed by atoms with E-state index >= 15 is 0 Å². The molecule has 1 aromatic carbocycles. The molecule has 0 saturated heterocycles. The van der Waals surface area contributed by atoms with Crippen molar-refractivity contribution >= 4 is 12.0 Å². The maximum atomic E-state index is 11.2. The fourth-order valence-corrected chi connectivity index (χ4v) is 2.72. The minimum atomic E-state index is -0.420. The third kappa shape index (κ3) is 2.94. The average molecular weight is 247 g/mol. The minimum absolute atomic E-state index is 0.0734. The van der Waals surface area contributed by atoms with E-state index in [4.69, 9.17) is 0 Å². The number of aldehydes is 1. The van der Waals surface area contributed by atoms with Crippen LogP contribution < -0.4 is 0 Å².